The summed E-state index contributed by atoms with van der Waals surface area (Å²) in [5.74, 6) is 0.698. The van der Waals surface area contributed by atoms with E-state index in [1.54, 1.807) is 0 Å². The van der Waals surface area contributed by atoms with E-state index >= 15 is 0 Å². The Kier molecular flexibility index (Phi) is 8.01. The largest absolute Gasteiger partial charge is 0.247 e. The number of pyridine rings is 1. The summed E-state index contributed by atoms with van der Waals surface area (Å²) < 4.78 is 2.52. The van der Waals surface area contributed by atoms with E-state index in [1.165, 1.54) is 53.0 Å². The van der Waals surface area contributed by atoms with Crippen LogP contribution in [0.4, 0.5) is 0 Å². The Morgan fingerprint density at radius 1 is 0.351 bits per heavy atom. The molecule has 11 aromatic rings. The van der Waals surface area contributed by atoms with E-state index in [2.05, 4.69) is 176 Å². The molecule has 0 aliphatic carbocycles. The third-order valence-corrected chi connectivity index (χ3v) is 12.1. The molecule has 4 heteroatoms. The van der Waals surface area contributed by atoms with Crippen molar-refractivity contribution in [2.45, 2.75) is 0 Å². The summed E-state index contributed by atoms with van der Waals surface area (Å²) in [4.78, 5) is 15.7. The number of rotatable bonds is 6. The van der Waals surface area contributed by atoms with E-state index in [4.69, 9.17) is 15.0 Å². The van der Waals surface area contributed by atoms with Crippen molar-refractivity contribution in [3.8, 4) is 67.4 Å². The molecule has 266 valence electrons. The Balaban J connectivity index is 1.04. The van der Waals surface area contributed by atoms with Gasteiger partial charge in [-0.1, -0.05) is 182 Å². The first-order chi connectivity index (χ1) is 28.2. The van der Waals surface area contributed by atoms with Crippen molar-refractivity contribution in [2.24, 2.45) is 0 Å². The van der Waals surface area contributed by atoms with E-state index in [-0.39, 0.29) is 0 Å². The molecular formula is C53H33N3S. The number of hydrogen-bond donors (Lipinski definition) is 0. The lowest BCUT2D eigenvalue weighted by atomic mass is 9.96. The fraction of sp³-hybridized carbons (Fsp3) is 0. The minimum absolute atomic E-state index is 0.698. The van der Waals surface area contributed by atoms with Crippen LogP contribution in [-0.2, 0) is 0 Å². The lowest BCUT2D eigenvalue weighted by Gasteiger charge is -2.12. The van der Waals surface area contributed by atoms with Crippen molar-refractivity contribution < 1.29 is 0 Å². The normalized spacial score (nSPS) is 11.5. The first-order valence-corrected chi connectivity index (χ1v) is 20.0. The first kappa shape index (κ1) is 33.1. The highest BCUT2D eigenvalue weighted by Crippen LogP contribution is 2.44. The van der Waals surface area contributed by atoms with Crippen LogP contribution in [-0.4, -0.2) is 15.0 Å². The van der Waals surface area contributed by atoms with Crippen molar-refractivity contribution in [3.05, 3.63) is 200 Å². The van der Waals surface area contributed by atoms with Crippen LogP contribution < -0.4 is 0 Å². The summed E-state index contributed by atoms with van der Waals surface area (Å²) in [6, 6.07) is 70.8. The summed E-state index contributed by atoms with van der Waals surface area (Å²) in [5.41, 5.74) is 12.6. The molecule has 0 aliphatic rings. The molecule has 57 heavy (non-hydrogen) atoms. The van der Waals surface area contributed by atoms with Crippen LogP contribution >= 0.6 is 11.3 Å². The van der Waals surface area contributed by atoms with Crippen LogP contribution in [0.15, 0.2) is 200 Å². The highest BCUT2D eigenvalue weighted by atomic mass is 32.1. The molecule has 8 aromatic carbocycles. The Morgan fingerprint density at radius 3 is 1.65 bits per heavy atom. The fourth-order valence-electron chi connectivity index (χ4n) is 8.04. The minimum atomic E-state index is 0.698. The smallest absolute Gasteiger partial charge is 0.160 e. The average molecular weight is 744 g/mol. The van der Waals surface area contributed by atoms with Gasteiger partial charge in [-0.05, 0) is 51.2 Å². The second-order valence-corrected chi connectivity index (χ2v) is 15.4. The zero-order chi connectivity index (χ0) is 37.7. The Bertz CT molecular complexity index is 3260. The molecule has 3 heterocycles. The Hall–Kier alpha value is -7.27. The molecule has 0 bridgehead atoms. The van der Waals surface area contributed by atoms with Crippen molar-refractivity contribution >= 4 is 53.2 Å². The molecular weight excluding hydrogens is 711 g/mol. The third kappa shape index (κ3) is 5.95. The molecule has 0 atom stereocenters. The molecule has 0 fully saturated rings. The molecule has 0 aliphatic heterocycles. The number of fused-ring (bicyclic) bond motifs is 6. The predicted octanol–water partition coefficient (Wildman–Crippen LogP) is 14.5. The van der Waals surface area contributed by atoms with Crippen molar-refractivity contribution in [1.29, 1.82) is 0 Å². The van der Waals surface area contributed by atoms with Gasteiger partial charge in [0.05, 0.1) is 22.6 Å². The highest BCUT2D eigenvalue weighted by molar-refractivity contribution is 7.26. The maximum Gasteiger partial charge on any atom is 0.160 e. The van der Waals surface area contributed by atoms with Crippen LogP contribution in [0.25, 0.3) is 109 Å². The van der Waals surface area contributed by atoms with Crippen LogP contribution in [0.3, 0.4) is 0 Å². The quantitative estimate of drug-likeness (QED) is 0.170. The SMILES string of the molecule is c1ccc(-c2ccc(-c3cc(-c4ccc(-c5nc6cc(-c7cccc8ccccc78)ccc6c6sc7ccccc7c56)cc4)nc(-c4ccccc4)n3)cc2)cc1. The topological polar surface area (TPSA) is 38.7 Å². The number of thiophene rings is 1. The summed E-state index contributed by atoms with van der Waals surface area (Å²) in [5, 5.41) is 6.08. The average Bonchev–Trinajstić information content (AvgIpc) is 3.69. The van der Waals surface area contributed by atoms with E-state index in [1.807, 2.05) is 35.6 Å². The minimum Gasteiger partial charge on any atom is -0.247 e. The van der Waals surface area contributed by atoms with E-state index in [0.29, 0.717) is 5.82 Å². The van der Waals surface area contributed by atoms with Gasteiger partial charge >= 0.3 is 0 Å². The molecule has 11 rings (SSSR count). The summed E-state index contributed by atoms with van der Waals surface area (Å²) in [6.45, 7) is 0. The lowest BCUT2D eigenvalue weighted by Crippen LogP contribution is -1.96. The fourth-order valence-corrected chi connectivity index (χ4v) is 9.28. The maximum absolute atomic E-state index is 5.48. The summed E-state index contributed by atoms with van der Waals surface area (Å²) >= 11 is 1.85. The van der Waals surface area contributed by atoms with Crippen LogP contribution in [0.2, 0.25) is 0 Å². The van der Waals surface area contributed by atoms with Gasteiger partial charge < -0.3 is 0 Å². The van der Waals surface area contributed by atoms with Gasteiger partial charge in [-0.15, -0.1) is 11.3 Å². The molecule has 0 saturated carbocycles. The van der Waals surface area contributed by atoms with Gasteiger partial charge in [0.15, 0.2) is 5.82 Å². The predicted molar refractivity (Wildman–Crippen MR) is 240 cm³/mol. The van der Waals surface area contributed by atoms with E-state index < -0.39 is 0 Å². The second-order valence-electron chi connectivity index (χ2n) is 14.4. The van der Waals surface area contributed by atoms with Gasteiger partial charge in [0, 0.05) is 47.8 Å². The van der Waals surface area contributed by atoms with Gasteiger partial charge in [-0.25, -0.2) is 15.0 Å². The van der Waals surface area contributed by atoms with Crippen molar-refractivity contribution in [1.82, 2.24) is 15.0 Å². The number of hydrogen-bond acceptors (Lipinski definition) is 4. The zero-order valence-electron chi connectivity index (χ0n) is 30.8. The molecule has 3 aromatic heterocycles. The van der Waals surface area contributed by atoms with E-state index in [9.17, 15) is 0 Å². The zero-order valence-corrected chi connectivity index (χ0v) is 31.6. The molecule has 0 saturated heterocycles. The molecule has 0 N–H and O–H groups in total. The standard InChI is InChI=1S/C53H33N3S/c1-3-12-34(13-4-1)35-22-24-37(25-23-35)46-33-47(56-53(55-46)40-15-5-2-6-16-40)38-26-28-39(29-27-38)51-50-45-19-9-10-21-49(45)57-52(50)44-31-30-41(32-48(44)54-51)43-20-11-17-36-14-7-8-18-42(36)43/h1-33H. The molecule has 0 radical (unpaired) electrons. The Labute approximate surface area is 334 Å². The van der Waals surface area contributed by atoms with E-state index in [0.717, 1.165) is 50.4 Å². The van der Waals surface area contributed by atoms with Crippen molar-refractivity contribution in [2.75, 3.05) is 0 Å². The van der Waals surface area contributed by atoms with Gasteiger partial charge in [-0.2, -0.15) is 0 Å². The molecule has 0 amide bonds. The Morgan fingerprint density at radius 2 is 0.912 bits per heavy atom. The maximum atomic E-state index is 5.48. The third-order valence-electron chi connectivity index (χ3n) is 10.9. The summed E-state index contributed by atoms with van der Waals surface area (Å²) in [6.07, 6.45) is 0. The van der Waals surface area contributed by atoms with Gasteiger partial charge in [0.2, 0.25) is 0 Å². The second kappa shape index (κ2) is 13.8. The molecule has 3 nitrogen and oxygen atoms in total. The summed E-state index contributed by atoms with van der Waals surface area (Å²) in [7, 11) is 0. The van der Waals surface area contributed by atoms with Crippen LogP contribution in [0.1, 0.15) is 0 Å². The van der Waals surface area contributed by atoms with Gasteiger partial charge in [0.25, 0.3) is 0 Å². The van der Waals surface area contributed by atoms with Gasteiger partial charge in [-0.3, -0.25) is 0 Å². The highest BCUT2D eigenvalue weighted by Gasteiger charge is 2.18. The monoisotopic (exact) mass is 743 g/mol. The first-order valence-electron chi connectivity index (χ1n) is 19.2. The van der Waals surface area contributed by atoms with Crippen LogP contribution in [0.5, 0.6) is 0 Å². The number of aromatic nitrogens is 3. The lowest BCUT2D eigenvalue weighted by molar-refractivity contribution is 1.18. The van der Waals surface area contributed by atoms with Crippen LogP contribution in [0, 0.1) is 0 Å². The number of nitrogens with zero attached hydrogens (tertiary/aromatic N) is 3. The molecule has 0 unspecified atom stereocenters. The van der Waals surface area contributed by atoms with Crippen molar-refractivity contribution in [3.63, 3.8) is 0 Å². The molecule has 0 spiro atoms. The van der Waals surface area contributed by atoms with Gasteiger partial charge in [0.1, 0.15) is 0 Å². The number of benzene rings is 8.